The summed E-state index contributed by atoms with van der Waals surface area (Å²) >= 11 is 0. The summed E-state index contributed by atoms with van der Waals surface area (Å²) in [5, 5.41) is 9.90. The van der Waals surface area contributed by atoms with Crippen molar-refractivity contribution in [2.75, 3.05) is 7.11 Å². The lowest BCUT2D eigenvalue weighted by Gasteiger charge is -2.72. The lowest BCUT2D eigenvalue weighted by atomic mass is 9.31. The molecule has 8 atom stereocenters. The van der Waals surface area contributed by atoms with Crippen LogP contribution in [0, 0.1) is 67.5 Å². The molecule has 0 radical (unpaired) electrons. The summed E-state index contributed by atoms with van der Waals surface area (Å²) in [6.07, 6.45) is 9.70. The standard InChI is InChI=1S/C33H47NO4/c1-28(2)11-13-33(18-25(36)38-8)14-12-32(7)26(21(33)17-28)22(35)15-24-30(5)16-20(19-34)27(37)29(3,4)23(30)9-10-31(24,32)6/h16,21,23-24,26H,9-15,17-18H2,1-8H3/t21-,23-,24?,26-,30-,31+,32+,33-/m0/s1. The number of hydrogen-bond acceptors (Lipinski definition) is 5. The molecular formula is C33H47NO4. The van der Waals surface area contributed by atoms with Gasteiger partial charge in [0.15, 0.2) is 5.78 Å². The molecule has 4 saturated carbocycles. The molecule has 5 rings (SSSR count). The first-order chi connectivity index (χ1) is 17.5. The fourth-order valence-electron chi connectivity index (χ4n) is 11.1. The van der Waals surface area contributed by atoms with E-state index in [9.17, 15) is 19.6 Å². The van der Waals surface area contributed by atoms with Crippen LogP contribution in [0.4, 0.5) is 0 Å². The highest BCUT2D eigenvalue weighted by Gasteiger charge is 2.72. The molecule has 5 heteroatoms. The fourth-order valence-corrected chi connectivity index (χ4v) is 11.1. The maximum Gasteiger partial charge on any atom is 0.306 e. The molecule has 5 nitrogen and oxygen atoms in total. The highest BCUT2D eigenvalue weighted by molar-refractivity contribution is 6.04. The first-order valence-corrected chi connectivity index (χ1v) is 14.8. The third-order valence-electron chi connectivity index (χ3n) is 13.4. The Hall–Kier alpha value is -1.96. The zero-order valence-corrected chi connectivity index (χ0v) is 24.8. The van der Waals surface area contributed by atoms with Crippen LogP contribution in [-0.2, 0) is 19.1 Å². The molecule has 5 aliphatic carbocycles. The number of carbonyl (C=O) groups excluding carboxylic acids is 3. The third kappa shape index (κ3) is 3.43. The van der Waals surface area contributed by atoms with E-state index in [4.69, 9.17) is 4.74 Å². The average Bonchev–Trinajstić information content (AvgIpc) is 2.83. The molecule has 0 aromatic heterocycles. The molecule has 0 aliphatic heterocycles. The second kappa shape index (κ2) is 8.28. The Morgan fingerprint density at radius 2 is 1.63 bits per heavy atom. The van der Waals surface area contributed by atoms with Crippen LogP contribution in [0.15, 0.2) is 11.6 Å². The number of nitriles is 1. The van der Waals surface area contributed by atoms with Crippen molar-refractivity contribution < 1.29 is 19.1 Å². The quantitative estimate of drug-likeness (QED) is 0.371. The Balaban J connectivity index is 1.62. The van der Waals surface area contributed by atoms with E-state index in [0.29, 0.717) is 18.6 Å². The van der Waals surface area contributed by atoms with Gasteiger partial charge in [0, 0.05) is 17.8 Å². The van der Waals surface area contributed by atoms with E-state index in [1.807, 2.05) is 19.9 Å². The predicted octanol–water partition coefficient (Wildman–Crippen LogP) is 6.85. The maximum absolute atomic E-state index is 14.5. The van der Waals surface area contributed by atoms with Crippen molar-refractivity contribution in [1.82, 2.24) is 0 Å². The number of carbonyl (C=O) groups is 3. The summed E-state index contributed by atoms with van der Waals surface area (Å²) in [5.74, 6) is 0.447. The predicted molar refractivity (Wildman–Crippen MR) is 146 cm³/mol. The smallest absolute Gasteiger partial charge is 0.306 e. The molecule has 208 valence electrons. The van der Waals surface area contributed by atoms with Crippen LogP contribution in [0.1, 0.15) is 106 Å². The summed E-state index contributed by atoms with van der Waals surface area (Å²) in [6, 6.07) is 2.21. The Morgan fingerprint density at radius 1 is 0.974 bits per heavy atom. The van der Waals surface area contributed by atoms with Gasteiger partial charge in [0.05, 0.1) is 19.1 Å². The minimum Gasteiger partial charge on any atom is -0.469 e. The van der Waals surface area contributed by atoms with Gasteiger partial charge in [0.1, 0.15) is 11.9 Å². The molecule has 0 heterocycles. The van der Waals surface area contributed by atoms with Gasteiger partial charge in [-0.05, 0) is 89.8 Å². The van der Waals surface area contributed by atoms with Crippen molar-refractivity contribution in [3.8, 4) is 6.07 Å². The zero-order chi connectivity index (χ0) is 28.1. The molecule has 0 bridgehead atoms. The number of methoxy groups -OCH3 is 1. The average molecular weight is 522 g/mol. The van der Waals surface area contributed by atoms with Crippen molar-refractivity contribution >= 4 is 17.5 Å². The fraction of sp³-hybridized carbons (Fsp3) is 0.818. The molecule has 0 aromatic carbocycles. The normalized spacial score (nSPS) is 46.9. The van der Waals surface area contributed by atoms with Gasteiger partial charge in [-0.15, -0.1) is 0 Å². The number of hydrogen-bond donors (Lipinski definition) is 0. The lowest BCUT2D eigenvalue weighted by molar-refractivity contribution is -0.224. The molecule has 4 fully saturated rings. The van der Waals surface area contributed by atoms with Gasteiger partial charge in [-0.2, -0.15) is 5.26 Å². The molecule has 0 N–H and O–H groups in total. The van der Waals surface area contributed by atoms with E-state index < -0.39 is 5.41 Å². The van der Waals surface area contributed by atoms with Gasteiger partial charge in [-0.3, -0.25) is 14.4 Å². The summed E-state index contributed by atoms with van der Waals surface area (Å²) in [5.41, 5.74) is -1.04. The summed E-state index contributed by atoms with van der Waals surface area (Å²) < 4.78 is 5.18. The van der Waals surface area contributed by atoms with Crippen LogP contribution < -0.4 is 0 Å². The molecule has 5 aliphatic rings. The summed E-state index contributed by atoms with van der Waals surface area (Å²) in [7, 11) is 1.48. The van der Waals surface area contributed by atoms with Crippen molar-refractivity contribution in [2.24, 2.45) is 56.2 Å². The van der Waals surface area contributed by atoms with Crippen molar-refractivity contribution in [3.05, 3.63) is 11.6 Å². The number of allylic oxidation sites excluding steroid dienone is 2. The van der Waals surface area contributed by atoms with Crippen molar-refractivity contribution in [2.45, 2.75) is 106 Å². The monoisotopic (exact) mass is 521 g/mol. The Bertz CT molecular complexity index is 1160. The van der Waals surface area contributed by atoms with E-state index in [-0.39, 0.29) is 68.1 Å². The molecule has 0 aromatic rings. The highest BCUT2D eigenvalue weighted by atomic mass is 16.5. The number of esters is 1. The number of rotatable bonds is 2. The first-order valence-electron chi connectivity index (χ1n) is 14.8. The van der Waals surface area contributed by atoms with Crippen LogP contribution in [-0.4, -0.2) is 24.6 Å². The summed E-state index contributed by atoms with van der Waals surface area (Å²) in [6.45, 7) is 15.7. The number of Topliss-reactive ketones (excluding diaryl/α,β-unsaturated/α-hetero) is 2. The van der Waals surface area contributed by atoms with Crippen LogP contribution in [0.2, 0.25) is 0 Å². The molecule has 1 unspecified atom stereocenters. The zero-order valence-electron chi connectivity index (χ0n) is 24.8. The Kier molecular flexibility index (Phi) is 6.01. The Labute approximate surface area is 229 Å². The highest BCUT2D eigenvalue weighted by Crippen LogP contribution is 2.76. The largest absolute Gasteiger partial charge is 0.469 e. The number of nitrogens with zero attached hydrogens (tertiary/aromatic N) is 1. The number of ether oxygens (including phenoxy) is 1. The van der Waals surface area contributed by atoms with Gasteiger partial charge in [0.2, 0.25) is 0 Å². The van der Waals surface area contributed by atoms with Gasteiger partial charge in [-0.1, -0.05) is 54.5 Å². The van der Waals surface area contributed by atoms with E-state index in [1.165, 1.54) is 7.11 Å². The second-order valence-corrected chi connectivity index (χ2v) is 15.8. The van der Waals surface area contributed by atoms with E-state index in [2.05, 4.69) is 40.7 Å². The maximum atomic E-state index is 14.5. The molecule has 0 amide bonds. The van der Waals surface area contributed by atoms with Gasteiger partial charge >= 0.3 is 5.97 Å². The summed E-state index contributed by atoms with van der Waals surface area (Å²) in [4.78, 5) is 40.4. The minimum absolute atomic E-state index is 0.0491. The SMILES string of the molecule is COC(=O)C[C@@]12CCC(C)(C)C[C@H]1[C@H]1C(=O)CC3[C@@]4(C)C=C(C#N)C(=O)C(C)(C)[C@@H]4CC[C@@]3(C)[C@]1(C)CC2. The lowest BCUT2D eigenvalue weighted by Crippen LogP contribution is -2.68. The molecule has 0 spiro atoms. The van der Waals surface area contributed by atoms with Crippen LogP contribution >= 0.6 is 0 Å². The van der Waals surface area contributed by atoms with Crippen LogP contribution in [0.3, 0.4) is 0 Å². The minimum atomic E-state index is -0.619. The van der Waals surface area contributed by atoms with Crippen molar-refractivity contribution in [3.63, 3.8) is 0 Å². The second-order valence-electron chi connectivity index (χ2n) is 15.8. The molecule has 38 heavy (non-hydrogen) atoms. The van der Waals surface area contributed by atoms with E-state index in [1.54, 1.807) is 0 Å². The van der Waals surface area contributed by atoms with Crippen LogP contribution in [0.5, 0.6) is 0 Å². The first kappa shape index (κ1) is 27.6. The van der Waals surface area contributed by atoms with Crippen molar-refractivity contribution in [1.29, 1.82) is 5.26 Å². The van der Waals surface area contributed by atoms with Crippen LogP contribution in [0.25, 0.3) is 0 Å². The third-order valence-corrected chi connectivity index (χ3v) is 13.4. The number of fused-ring (bicyclic) bond motifs is 7. The van der Waals surface area contributed by atoms with Gasteiger partial charge in [0.25, 0.3) is 0 Å². The molecular weight excluding hydrogens is 474 g/mol. The van der Waals surface area contributed by atoms with Gasteiger partial charge in [-0.25, -0.2) is 0 Å². The van der Waals surface area contributed by atoms with Gasteiger partial charge < -0.3 is 4.74 Å². The van der Waals surface area contributed by atoms with E-state index in [0.717, 1.165) is 44.9 Å². The topological polar surface area (TPSA) is 84.2 Å². The van der Waals surface area contributed by atoms with E-state index >= 15 is 0 Å². The molecule has 0 saturated heterocycles. The number of ketones is 2. The Morgan fingerprint density at radius 3 is 2.26 bits per heavy atom.